The normalized spacial score (nSPS) is 12.7. The number of nitrogens with one attached hydrogen (secondary N) is 2. The zero-order valence-electron chi connectivity index (χ0n) is 11.6. The summed E-state index contributed by atoms with van der Waals surface area (Å²) in [7, 11) is 0. The fraction of sp³-hybridized carbons (Fsp3) is 0.188. The number of benzene rings is 2. The van der Waals surface area contributed by atoms with Crippen molar-refractivity contribution in [3.05, 3.63) is 71.8 Å². The van der Waals surface area contributed by atoms with Crippen LogP contribution >= 0.6 is 0 Å². The van der Waals surface area contributed by atoms with Gasteiger partial charge in [-0.1, -0.05) is 48.5 Å². The van der Waals surface area contributed by atoms with Crippen LogP contribution in [0.2, 0.25) is 0 Å². The first-order chi connectivity index (χ1) is 10.5. The Kier molecular flexibility index (Phi) is 5.16. The summed E-state index contributed by atoms with van der Waals surface area (Å²) >= 11 is 0. The van der Waals surface area contributed by atoms with E-state index >= 15 is 0 Å². The first-order valence-corrected chi connectivity index (χ1v) is 6.68. The molecule has 0 aliphatic heterocycles. The number of rotatable bonds is 5. The molecule has 22 heavy (non-hydrogen) atoms. The highest BCUT2D eigenvalue weighted by Crippen LogP contribution is 2.22. The van der Waals surface area contributed by atoms with Crippen LogP contribution in [0.4, 0.5) is 13.2 Å². The molecule has 0 unspecified atom stereocenters. The molecule has 0 radical (unpaired) electrons. The maximum Gasteiger partial charge on any atom is 0.405 e. The molecule has 116 valence electrons. The van der Waals surface area contributed by atoms with Gasteiger partial charge < -0.3 is 0 Å². The Bertz CT molecular complexity index is 600. The minimum Gasteiger partial charge on any atom is -0.287 e. The molecule has 2 aromatic rings. The van der Waals surface area contributed by atoms with E-state index in [-0.39, 0.29) is 12.0 Å². The molecule has 2 rings (SSSR count). The van der Waals surface area contributed by atoms with Crippen LogP contribution in [0.5, 0.6) is 0 Å². The van der Waals surface area contributed by atoms with Crippen molar-refractivity contribution in [2.75, 3.05) is 0 Å². The van der Waals surface area contributed by atoms with Crippen LogP contribution in [-0.4, -0.2) is 18.1 Å². The van der Waals surface area contributed by atoms with E-state index in [1.165, 1.54) is 12.1 Å². The Morgan fingerprint density at radius 2 is 1.50 bits per heavy atom. The van der Waals surface area contributed by atoms with Crippen molar-refractivity contribution in [1.29, 1.82) is 0 Å². The van der Waals surface area contributed by atoms with E-state index in [2.05, 4.69) is 10.9 Å². The van der Waals surface area contributed by atoms with Crippen LogP contribution in [-0.2, 0) is 6.42 Å². The van der Waals surface area contributed by atoms with Gasteiger partial charge in [0, 0.05) is 5.56 Å². The number of amides is 1. The Morgan fingerprint density at radius 1 is 0.955 bits per heavy atom. The lowest BCUT2D eigenvalue weighted by atomic mass is 10.1. The first kappa shape index (κ1) is 16.0. The summed E-state index contributed by atoms with van der Waals surface area (Å²) in [5, 5.41) is 0. The van der Waals surface area contributed by atoms with E-state index < -0.39 is 18.1 Å². The fourth-order valence-corrected chi connectivity index (χ4v) is 1.91. The highest BCUT2D eigenvalue weighted by atomic mass is 19.4. The zero-order valence-corrected chi connectivity index (χ0v) is 11.6. The molecule has 3 nitrogen and oxygen atoms in total. The molecule has 6 heteroatoms. The lowest BCUT2D eigenvalue weighted by molar-refractivity contribution is -0.157. The van der Waals surface area contributed by atoms with Crippen LogP contribution in [0, 0.1) is 0 Å². The molecule has 2 N–H and O–H groups in total. The Morgan fingerprint density at radius 3 is 2.05 bits per heavy atom. The van der Waals surface area contributed by atoms with Gasteiger partial charge in [0.25, 0.3) is 5.91 Å². The second-order valence-electron chi connectivity index (χ2n) is 4.75. The second-order valence-corrected chi connectivity index (χ2v) is 4.75. The molecular weight excluding hydrogens is 293 g/mol. The molecule has 0 aromatic heterocycles. The Balaban J connectivity index is 2.00. The second kappa shape index (κ2) is 7.09. The number of carbonyl (C=O) groups is 1. The summed E-state index contributed by atoms with van der Waals surface area (Å²) in [5.41, 5.74) is 5.02. The van der Waals surface area contributed by atoms with E-state index in [1.807, 2.05) is 0 Å². The van der Waals surface area contributed by atoms with Crippen LogP contribution in [0.25, 0.3) is 0 Å². The maximum absolute atomic E-state index is 13.0. The van der Waals surface area contributed by atoms with Crippen molar-refractivity contribution >= 4 is 5.91 Å². The molecule has 0 bridgehead atoms. The average molecular weight is 308 g/mol. The molecule has 0 aliphatic carbocycles. The maximum atomic E-state index is 13.0. The van der Waals surface area contributed by atoms with Crippen molar-refractivity contribution in [2.24, 2.45) is 0 Å². The largest absolute Gasteiger partial charge is 0.405 e. The van der Waals surface area contributed by atoms with Crippen molar-refractivity contribution in [2.45, 2.75) is 18.6 Å². The van der Waals surface area contributed by atoms with E-state index in [4.69, 9.17) is 0 Å². The molecule has 1 atom stereocenters. The summed E-state index contributed by atoms with van der Waals surface area (Å²) in [6, 6.07) is 14.5. The zero-order chi connectivity index (χ0) is 16.0. The molecule has 0 heterocycles. The average Bonchev–Trinajstić information content (AvgIpc) is 2.52. The van der Waals surface area contributed by atoms with Gasteiger partial charge in [-0.05, 0) is 24.1 Å². The van der Waals surface area contributed by atoms with Crippen molar-refractivity contribution in [3.63, 3.8) is 0 Å². The third-order valence-corrected chi connectivity index (χ3v) is 3.07. The van der Waals surface area contributed by atoms with E-state index in [9.17, 15) is 18.0 Å². The number of hydrogen-bond donors (Lipinski definition) is 2. The predicted octanol–water partition coefficient (Wildman–Crippen LogP) is 3.09. The SMILES string of the molecule is O=C(NN[C@H](Cc1ccccc1)C(F)(F)F)c1ccccc1. The smallest absolute Gasteiger partial charge is 0.287 e. The highest BCUT2D eigenvalue weighted by Gasteiger charge is 2.39. The summed E-state index contributed by atoms with van der Waals surface area (Å²) in [4.78, 5) is 11.8. The lowest BCUT2D eigenvalue weighted by Gasteiger charge is -2.22. The van der Waals surface area contributed by atoms with Gasteiger partial charge in [-0.25, -0.2) is 5.43 Å². The molecule has 0 aliphatic rings. The van der Waals surface area contributed by atoms with Crippen LogP contribution in [0.3, 0.4) is 0 Å². The van der Waals surface area contributed by atoms with Gasteiger partial charge >= 0.3 is 6.18 Å². The van der Waals surface area contributed by atoms with E-state index in [0.29, 0.717) is 5.56 Å². The third kappa shape index (κ3) is 4.60. The highest BCUT2D eigenvalue weighted by molar-refractivity contribution is 5.93. The molecule has 0 spiro atoms. The van der Waals surface area contributed by atoms with E-state index in [0.717, 1.165) is 0 Å². The number of hydrazine groups is 1. The van der Waals surface area contributed by atoms with Crippen molar-refractivity contribution in [1.82, 2.24) is 10.9 Å². The number of hydrogen-bond acceptors (Lipinski definition) is 2. The van der Waals surface area contributed by atoms with Crippen molar-refractivity contribution in [3.8, 4) is 0 Å². The minimum absolute atomic E-state index is 0.264. The Labute approximate surface area is 126 Å². The van der Waals surface area contributed by atoms with Gasteiger partial charge in [0.05, 0.1) is 0 Å². The lowest BCUT2D eigenvalue weighted by Crippen LogP contribution is -2.52. The van der Waals surface area contributed by atoms with Gasteiger partial charge in [-0.15, -0.1) is 0 Å². The molecule has 2 aromatic carbocycles. The first-order valence-electron chi connectivity index (χ1n) is 6.68. The summed E-state index contributed by atoms with van der Waals surface area (Å²) < 4.78 is 39.1. The van der Waals surface area contributed by atoms with Crippen LogP contribution < -0.4 is 10.9 Å². The third-order valence-electron chi connectivity index (χ3n) is 3.07. The predicted molar refractivity (Wildman–Crippen MR) is 77.0 cm³/mol. The van der Waals surface area contributed by atoms with Gasteiger partial charge in [0.2, 0.25) is 0 Å². The minimum atomic E-state index is -4.47. The van der Waals surface area contributed by atoms with Gasteiger partial charge in [0.1, 0.15) is 6.04 Å². The van der Waals surface area contributed by atoms with Gasteiger partial charge in [-0.3, -0.25) is 10.2 Å². The Hall–Kier alpha value is -2.34. The van der Waals surface area contributed by atoms with Gasteiger partial charge in [-0.2, -0.15) is 13.2 Å². The number of alkyl halides is 3. The molecule has 0 fully saturated rings. The van der Waals surface area contributed by atoms with Crippen LogP contribution in [0.1, 0.15) is 15.9 Å². The summed E-state index contributed by atoms with van der Waals surface area (Å²) in [5.74, 6) is -0.608. The fourth-order valence-electron chi connectivity index (χ4n) is 1.91. The molecular formula is C16H15F3N2O. The molecule has 1 amide bonds. The quantitative estimate of drug-likeness (QED) is 0.833. The summed E-state index contributed by atoms with van der Waals surface area (Å²) in [6.07, 6.45) is -4.74. The molecule has 0 saturated heterocycles. The van der Waals surface area contributed by atoms with Gasteiger partial charge in [0.15, 0.2) is 0 Å². The standard InChI is InChI=1S/C16H15F3N2O/c17-16(18,19)14(11-12-7-3-1-4-8-12)20-21-15(22)13-9-5-2-6-10-13/h1-10,14,20H,11H2,(H,21,22)/t14-/m1/s1. The monoisotopic (exact) mass is 308 g/mol. The number of halogens is 3. The number of carbonyl (C=O) groups excluding carboxylic acids is 1. The van der Waals surface area contributed by atoms with Crippen LogP contribution in [0.15, 0.2) is 60.7 Å². The topological polar surface area (TPSA) is 41.1 Å². The van der Waals surface area contributed by atoms with E-state index in [1.54, 1.807) is 48.5 Å². The summed E-state index contributed by atoms with van der Waals surface area (Å²) in [6.45, 7) is 0. The van der Waals surface area contributed by atoms with Crippen molar-refractivity contribution < 1.29 is 18.0 Å². The molecule has 0 saturated carbocycles.